The Kier molecular flexibility index (Phi) is 2.41. The number of hydrogen-bond donors (Lipinski definition) is 1. The first-order valence-electron chi connectivity index (χ1n) is 4.80. The van der Waals surface area contributed by atoms with Crippen LogP contribution in [-0.2, 0) is 0 Å². The molecule has 0 fully saturated rings. The summed E-state index contributed by atoms with van der Waals surface area (Å²) >= 11 is 0. The van der Waals surface area contributed by atoms with E-state index >= 15 is 0 Å². The van der Waals surface area contributed by atoms with Gasteiger partial charge in [0, 0.05) is 11.3 Å². The molecule has 4 nitrogen and oxygen atoms in total. The van der Waals surface area contributed by atoms with Crippen molar-refractivity contribution in [2.75, 3.05) is 0 Å². The maximum absolute atomic E-state index is 11.3. The zero-order chi connectivity index (χ0) is 10.8. The van der Waals surface area contributed by atoms with Gasteiger partial charge in [0.15, 0.2) is 0 Å². The van der Waals surface area contributed by atoms with E-state index in [1.807, 2.05) is 19.9 Å². The topological polar surface area (TPSA) is 58.9 Å². The van der Waals surface area contributed by atoms with Gasteiger partial charge >= 0.3 is 5.69 Å². The number of furan rings is 1. The second-order valence-corrected chi connectivity index (χ2v) is 3.69. The number of nitrogens with one attached hydrogen (secondary N) is 1. The molecule has 2 rings (SSSR count). The molecule has 2 heterocycles. The number of rotatable bonds is 2. The first-order valence-corrected chi connectivity index (χ1v) is 4.80. The minimum atomic E-state index is -0.322. The van der Waals surface area contributed by atoms with Crippen molar-refractivity contribution in [3.8, 4) is 11.3 Å². The zero-order valence-electron chi connectivity index (χ0n) is 8.65. The smallest absolute Gasteiger partial charge is 0.345 e. The summed E-state index contributed by atoms with van der Waals surface area (Å²) in [7, 11) is 0. The molecule has 0 bridgehead atoms. The van der Waals surface area contributed by atoms with Gasteiger partial charge in [0.2, 0.25) is 0 Å². The third-order valence-electron chi connectivity index (χ3n) is 2.20. The average molecular weight is 204 g/mol. The highest BCUT2D eigenvalue weighted by molar-refractivity contribution is 5.57. The summed E-state index contributed by atoms with van der Waals surface area (Å²) in [6, 6.07) is 3.66. The van der Waals surface area contributed by atoms with Crippen molar-refractivity contribution >= 4 is 0 Å². The lowest BCUT2D eigenvalue weighted by molar-refractivity contribution is 0.568. The largest absolute Gasteiger partial charge is 0.472 e. The van der Waals surface area contributed by atoms with Crippen LogP contribution in [0.2, 0.25) is 0 Å². The van der Waals surface area contributed by atoms with E-state index in [4.69, 9.17) is 4.42 Å². The lowest BCUT2D eigenvalue weighted by atomic mass is 10.1. The molecule has 0 saturated carbocycles. The van der Waals surface area contributed by atoms with Gasteiger partial charge in [0.25, 0.3) is 0 Å². The Morgan fingerprint density at radius 1 is 1.47 bits per heavy atom. The molecule has 0 spiro atoms. The summed E-state index contributed by atoms with van der Waals surface area (Å²) in [5.41, 5.74) is 2.03. The Bertz CT molecular complexity index is 498. The van der Waals surface area contributed by atoms with Crippen LogP contribution in [0.15, 0.2) is 33.9 Å². The van der Waals surface area contributed by atoms with Crippen molar-refractivity contribution in [2.24, 2.45) is 0 Å². The van der Waals surface area contributed by atoms with Gasteiger partial charge in [-0.3, -0.25) is 0 Å². The minimum Gasteiger partial charge on any atom is -0.472 e. The van der Waals surface area contributed by atoms with Crippen LogP contribution in [0.25, 0.3) is 11.3 Å². The fraction of sp³-hybridized carbons (Fsp3) is 0.273. The molecule has 78 valence electrons. The Morgan fingerprint density at radius 3 is 2.87 bits per heavy atom. The van der Waals surface area contributed by atoms with Gasteiger partial charge in [-0.1, -0.05) is 13.8 Å². The minimum absolute atomic E-state index is 0.270. The SMILES string of the molecule is CC(C)c1cc(-c2ccoc2)nc(=O)[nH]1. The van der Waals surface area contributed by atoms with Gasteiger partial charge in [-0.25, -0.2) is 4.79 Å². The van der Waals surface area contributed by atoms with Gasteiger partial charge in [-0.05, 0) is 18.1 Å². The molecule has 0 amide bonds. The second kappa shape index (κ2) is 3.73. The van der Waals surface area contributed by atoms with Crippen molar-refractivity contribution < 1.29 is 4.42 Å². The van der Waals surface area contributed by atoms with E-state index in [9.17, 15) is 4.79 Å². The molecular weight excluding hydrogens is 192 g/mol. The van der Waals surface area contributed by atoms with Gasteiger partial charge < -0.3 is 9.40 Å². The van der Waals surface area contributed by atoms with Crippen molar-refractivity contribution in [2.45, 2.75) is 19.8 Å². The molecule has 0 aliphatic heterocycles. The predicted molar refractivity (Wildman–Crippen MR) is 56.6 cm³/mol. The van der Waals surface area contributed by atoms with Gasteiger partial charge in [0.1, 0.15) is 0 Å². The van der Waals surface area contributed by atoms with Crippen LogP contribution < -0.4 is 5.69 Å². The first-order chi connectivity index (χ1) is 7.16. The molecule has 0 saturated heterocycles. The van der Waals surface area contributed by atoms with E-state index in [-0.39, 0.29) is 11.6 Å². The number of H-pyrrole nitrogens is 1. The lowest BCUT2D eigenvalue weighted by Crippen LogP contribution is -2.14. The molecular formula is C11H12N2O2. The molecule has 2 aromatic rings. The summed E-state index contributed by atoms with van der Waals surface area (Å²) < 4.78 is 4.96. The van der Waals surface area contributed by atoms with Crippen LogP contribution in [0.5, 0.6) is 0 Å². The zero-order valence-corrected chi connectivity index (χ0v) is 8.65. The van der Waals surface area contributed by atoms with Crippen LogP contribution in [0.3, 0.4) is 0 Å². The normalized spacial score (nSPS) is 10.9. The predicted octanol–water partition coefficient (Wildman–Crippen LogP) is 2.15. The summed E-state index contributed by atoms with van der Waals surface area (Å²) in [4.78, 5) is 17.9. The molecule has 0 aromatic carbocycles. The molecule has 0 aliphatic carbocycles. The van der Waals surface area contributed by atoms with Gasteiger partial charge in [-0.2, -0.15) is 4.98 Å². The molecule has 4 heteroatoms. The second-order valence-electron chi connectivity index (χ2n) is 3.69. The van der Waals surface area contributed by atoms with E-state index in [1.165, 1.54) is 0 Å². The van der Waals surface area contributed by atoms with Crippen LogP contribution in [0.1, 0.15) is 25.5 Å². The van der Waals surface area contributed by atoms with Gasteiger partial charge in [0.05, 0.1) is 18.2 Å². The van der Waals surface area contributed by atoms with Crippen molar-refractivity contribution in [1.29, 1.82) is 0 Å². The Morgan fingerprint density at radius 2 is 2.27 bits per heavy atom. The molecule has 0 aliphatic rings. The summed E-state index contributed by atoms with van der Waals surface area (Å²) in [6.07, 6.45) is 3.14. The number of nitrogens with zero attached hydrogens (tertiary/aromatic N) is 1. The van der Waals surface area contributed by atoms with Gasteiger partial charge in [-0.15, -0.1) is 0 Å². The Hall–Kier alpha value is -1.84. The van der Waals surface area contributed by atoms with E-state index in [1.54, 1.807) is 18.6 Å². The van der Waals surface area contributed by atoms with Crippen LogP contribution in [-0.4, -0.2) is 9.97 Å². The van der Waals surface area contributed by atoms with Crippen molar-refractivity contribution in [3.63, 3.8) is 0 Å². The highest BCUT2D eigenvalue weighted by atomic mass is 16.3. The third kappa shape index (κ3) is 1.98. The van der Waals surface area contributed by atoms with Crippen LogP contribution in [0, 0.1) is 0 Å². The maximum Gasteiger partial charge on any atom is 0.345 e. The number of hydrogen-bond acceptors (Lipinski definition) is 3. The monoisotopic (exact) mass is 204 g/mol. The number of aromatic nitrogens is 2. The standard InChI is InChI=1S/C11H12N2O2/c1-7(2)9-5-10(13-11(14)12-9)8-3-4-15-6-8/h3-7H,1-2H3,(H,12,13,14). The van der Waals surface area contributed by atoms with E-state index in [0.717, 1.165) is 11.3 Å². The van der Waals surface area contributed by atoms with Crippen molar-refractivity contribution in [1.82, 2.24) is 9.97 Å². The lowest BCUT2D eigenvalue weighted by Gasteiger charge is -2.05. The maximum atomic E-state index is 11.3. The fourth-order valence-electron chi connectivity index (χ4n) is 1.35. The molecule has 1 N–H and O–H groups in total. The summed E-state index contributed by atoms with van der Waals surface area (Å²) in [6.45, 7) is 4.04. The van der Waals surface area contributed by atoms with E-state index in [0.29, 0.717) is 5.69 Å². The van der Waals surface area contributed by atoms with Crippen LogP contribution >= 0.6 is 0 Å². The molecule has 2 aromatic heterocycles. The van der Waals surface area contributed by atoms with Crippen LogP contribution in [0.4, 0.5) is 0 Å². The molecule has 15 heavy (non-hydrogen) atoms. The Labute approximate surface area is 87.0 Å². The van der Waals surface area contributed by atoms with E-state index < -0.39 is 0 Å². The molecule has 0 radical (unpaired) electrons. The third-order valence-corrected chi connectivity index (χ3v) is 2.20. The van der Waals surface area contributed by atoms with E-state index in [2.05, 4.69) is 9.97 Å². The first kappa shape index (κ1) is 9.71. The Balaban J connectivity index is 2.54. The number of aromatic amines is 1. The summed E-state index contributed by atoms with van der Waals surface area (Å²) in [5, 5.41) is 0. The summed E-state index contributed by atoms with van der Waals surface area (Å²) in [5.74, 6) is 0.270. The fourth-order valence-corrected chi connectivity index (χ4v) is 1.35. The quantitative estimate of drug-likeness (QED) is 0.815. The highest BCUT2D eigenvalue weighted by Gasteiger charge is 2.06. The van der Waals surface area contributed by atoms with Crippen molar-refractivity contribution in [3.05, 3.63) is 40.8 Å². The molecule has 0 atom stereocenters. The average Bonchev–Trinajstić information content (AvgIpc) is 2.69. The molecule has 0 unspecified atom stereocenters. The highest BCUT2D eigenvalue weighted by Crippen LogP contribution is 2.19.